The summed E-state index contributed by atoms with van der Waals surface area (Å²) in [5, 5.41) is 2.81. The molecule has 3 heteroatoms. The molecule has 0 unspecified atom stereocenters. The summed E-state index contributed by atoms with van der Waals surface area (Å²) in [6.45, 7) is 4.32. The molecule has 1 aliphatic rings. The number of carbonyl (C=O) groups excluding carboxylic acids is 1. The van der Waals surface area contributed by atoms with Gasteiger partial charge in [0.25, 0.3) is 5.91 Å². The van der Waals surface area contributed by atoms with E-state index in [-0.39, 0.29) is 5.91 Å². The van der Waals surface area contributed by atoms with Crippen LogP contribution >= 0.6 is 0 Å². The quantitative estimate of drug-likeness (QED) is 0.860. The van der Waals surface area contributed by atoms with Gasteiger partial charge in [-0.2, -0.15) is 0 Å². The molecule has 22 heavy (non-hydrogen) atoms. The van der Waals surface area contributed by atoms with Gasteiger partial charge >= 0.3 is 0 Å². The van der Waals surface area contributed by atoms with Gasteiger partial charge in [0.15, 0.2) is 0 Å². The molecule has 3 rings (SSSR count). The molecule has 0 bridgehead atoms. The summed E-state index contributed by atoms with van der Waals surface area (Å²) in [5.41, 5.74) is 3.62. The molecule has 0 atom stereocenters. The Morgan fingerprint density at radius 2 is 1.68 bits per heavy atom. The van der Waals surface area contributed by atoms with Crippen LogP contribution in [0.1, 0.15) is 36.5 Å². The standard InChI is InChI=1S/C19H18N2O/c1-13(2)15-10-8-14(9-11-15)12-17-19(22)21-18(20-17)16-6-4-3-5-7-16/h3-13H,1-2H3,(H,20,21,22). The van der Waals surface area contributed by atoms with Crippen molar-refractivity contribution in [2.45, 2.75) is 19.8 Å². The molecule has 1 N–H and O–H groups in total. The zero-order chi connectivity index (χ0) is 15.5. The van der Waals surface area contributed by atoms with E-state index in [1.54, 1.807) is 0 Å². The van der Waals surface area contributed by atoms with Crippen molar-refractivity contribution in [3.05, 3.63) is 77.0 Å². The maximum atomic E-state index is 12.0. The van der Waals surface area contributed by atoms with Gasteiger partial charge in [-0.3, -0.25) is 4.79 Å². The van der Waals surface area contributed by atoms with E-state index in [0.29, 0.717) is 17.5 Å². The second kappa shape index (κ2) is 5.98. The Kier molecular flexibility index (Phi) is 3.88. The van der Waals surface area contributed by atoms with Crippen LogP contribution in [0.4, 0.5) is 0 Å². The van der Waals surface area contributed by atoms with Crippen molar-refractivity contribution in [1.29, 1.82) is 0 Å². The average molecular weight is 290 g/mol. The lowest BCUT2D eigenvalue weighted by Crippen LogP contribution is -2.24. The number of rotatable bonds is 3. The Morgan fingerprint density at radius 3 is 2.32 bits per heavy atom. The SMILES string of the molecule is CC(C)c1ccc(C=C2N=C(c3ccccc3)NC2=O)cc1. The van der Waals surface area contributed by atoms with Crippen LogP contribution in [0, 0.1) is 0 Å². The first-order valence-corrected chi connectivity index (χ1v) is 7.40. The monoisotopic (exact) mass is 290 g/mol. The summed E-state index contributed by atoms with van der Waals surface area (Å²) in [4.78, 5) is 16.5. The normalized spacial score (nSPS) is 16.0. The highest BCUT2D eigenvalue weighted by Gasteiger charge is 2.20. The minimum atomic E-state index is -0.160. The summed E-state index contributed by atoms with van der Waals surface area (Å²) in [6, 6.07) is 17.9. The first kappa shape index (κ1) is 14.3. The van der Waals surface area contributed by atoms with Crippen LogP contribution in [0.2, 0.25) is 0 Å². The Morgan fingerprint density at radius 1 is 1.00 bits per heavy atom. The summed E-state index contributed by atoms with van der Waals surface area (Å²) in [7, 11) is 0. The highest BCUT2D eigenvalue weighted by molar-refractivity contribution is 6.19. The van der Waals surface area contributed by atoms with Crippen LogP contribution in [0.3, 0.4) is 0 Å². The third-order valence-corrected chi connectivity index (χ3v) is 3.65. The van der Waals surface area contributed by atoms with Crippen molar-refractivity contribution in [3.8, 4) is 0 Å². The van der Waals surface area contributed by atoms with Crippen LogP contribution in [0.25, 0.3) is 6.08 Å². The lowest BCUT2D eigenvalue weighted by atomic mass is 10.0. The van der Waals surface area contributed by atoms with Crippen molar-refractivity contribution < 1.29 is 4.79 Å². The second-order valence-corrected chi connectivity index (χ2v) is 5.63. The number of aliphatic imine (C=N–C) groups is 1. The fourth-order valence-electron chi connectivity index (χ4n) is 2.34. The largest absolute Gasteiger partial charge is 0.305 e. The van der Waals surface area contributed by atoms with Crippen LogP contribution in [-0.4, -0.2) is 11.7 Å². The van der Waals surface area contributed by atoms with Crippen molar-refractivity contribution >= 4 is 17.8 Å². The predicted octanol–water partition coefficient (Wildman–Crippen LogP) is 3.73. The molecule has 1 aliphatic heterocycles. The Labute approximate surface area is 130 Å². The molecule has 1 heterocycles. The van der Waals surface area contributed by atoms with Gasteiger partial charge in [-0.05, 0) is 23.1 Å². The van der Waals surface area contributed by atoms with E-state index >= 15 is 0 Å². The third-order valence-electron chi connectivity index (χ3n) is 3.65. The topological polar surface area (TPSA) is 41.5 Å². The molecule has 0 saturated carbocycles. The van der Waals surface area contributed by atoms with Crippen molar-refractivity contribution in [3.63, 3.8) is 0 Å². The number of amidine groups is 1. The van der Waals surface area contributed by atoms with Gasteiger partial charge in [-0.15, -0.1) is 0 Å². The number of nitrogens with zero attached hydrogens (tertiary/aromatic N) is 1. The van der Waals surface area contributed by atoms with Crippen molar-refractivity contribution in [1.82, 2.24) is 5.32 Å². The molecule has 0 spiro atoms. The number of benzene rings is 2. The number of hydrogen-bond acceptors (Lipinski definition) is 2. The lowest BCUT2D eigenvalue weighted by molar-refractivity contribution is -0.115. The summed E-state index contributed by atoms with van der Waals surface area (Å²) < 4.78 is 0. The van der Waals surface area contributed by atoms with E-state index in [2.05, 4.69) is 36.3 Å². The third kappa shape index (κ3) is 2.98. The Hall–Kier alpha value is -2.68. The van der Waals surface area contributed by atoms with Gasteiger partial charge in [-0.1, -0.05) is 68.4 Å². The fourth-order valence-corrected chi connectivity index (χ4v) is 2.34. The van der Waals surface area contributed by atoms with Crippen LogP contribution in [0.5, 0.6) is 0 Å². The van der Waals surface area contributed by atoms with E-state index in [1.807, 2.05) is 48.5 Å². The molecule has 110 valence electrons. The molecule has 0 aliphatic carbocycles. The maximum absolute atomic E-state index is 12.0. The smallest absolute Gasteiger partial charge is 0.275 e. The molecule has 0 fully saturated rings. The summed E-state index contributed by atoms with van der Waals surface area (Å²) >= 11 is 0. The lowest BCUT2D eigenvalue weighted by Gasteiger charge is -2.04. The van der Waals surface area contributed by atoms with E-state index in [4.69, 9.17) is 0 Å². The van der Waals surface area contributed by atoms with Gasteiger partial charge in [0.2, 0.25) is 0 Å². The first-order chi connectivity index (χ1) is 10.6. The molecule has 0 radical (unpaired) electrons. The Bertz CT molecular complexity index is 741. The van der Waals surface area contributed by atoms with Gasteiger partial charge in [0, 0.05) is 5.56 Å². The van der Waals surface area contributed by atoms with E-state index in [0.717, 1.165) is 11.1 Å². The number of hydrogen-bond donors (Lipinski definition) is 1. The first-order valence-electron chi connectivity index (χ1n) is 7.40. The van der Waals surface area contributed by atoms with E-state index < -0.39 is 0 Å². The molecule has 2 aromatic rings. The van der Waals surface area contributed by atoms with Crippen molar-refractivity contribution in [2.75, 3.05) is 0 Å². The van der Waals surface area contributed by atoms with Crippen LogP contribution in [-0.2, 0) is 4.79 Å². The minimum Gasteiger partial charge on any atom is -0.305 e. The number of nitrogens with one attached hydrogen (secondary N) is 1. The van der Waals surface area contributed by atoms with Gasteiger partial charge in [0.1, 0.15) is 11.5 Å². The molecular weight excluding hydrogens is 272 g/mol. The van der Waals surface area contributed by atoms with Crippen LogP contribution < -0.4 is 5.32 Å². The second-order valence-electron chi connectivity index (χ2n) is 5.63. The van der Waals surface area contributed by atoms with Crippen molar-refractivity contribution in [2.24, 2.45) is 4.99 Å². The highest BCUT2D eigenvalue weighted by atomic mass is 16.2. The zero-order valence-electron chi connectivity index (χ0n) is 12.7. The predicted molar refractivity (Wildman–Crippen MR) is 89.6 cm³/mol. The van der Waals surface area contributed by atoms with E-state index in [1.165, 1.54) is 5.56 Å². The molecule has 1 amide bonds. The zero-order valence-corrected chi connectivity index (χ0v) is 12.7. The molecule has 3 nitrogen and oxygen atoms in total. The molecule has 2 aromatic carbocycles. The molecule has 0 saturated heterocycles. The van der Waals surface area contributed by atoms with Crippen LogP contribution in [0.15, 0.2) is 65.3 Å². The Balaban J connectivity index is 1.87. The fraction of sp³-hybridized carbons (Fsp3) is 0.158. The summed E-state index contributed by atoms with van der Waals surface area (Å²) in [5.74, 6) is 0.946. The highest BCUT2D eigenvalue weighted by Crippen LogP contribution is 2.18. The van der Waals surface area contributed by atoms with Gasteiger partial charge in [0.05, 0.1) is 0 Å². The number of carbonyl (C=O) groups is 1. The van der Waals surface area contributed by atoms with E-state index in [9.17, 15) is 4.79 Å². The average Bonchev–Trinajstić information content (AvgIpc) is 2.90. The summed E-state index contributed by atoms with van der Waals surface area (Å²) in [6.07, 6.45) is 1.81. The molecular formula is C19H18N2O. The number of amides is 1. The maximum Gasteiger partial charge on any atom is 0.275 e. The molecule has 0 aromatic heterocycles. The van der Waals surface area contributed by atoms with Gasteiger partial charge in [-0.25, -0.2) is 4.99 Å². The minimum absolute atomic E-state index is 0.160. The van der Waals surface area contributed by atoms with Gasteiger partial charge < -0.3 is 5.32 Å².